The molecule has 5 fully saturated rings. The SMILES string of the molecule is CO[C@@H]1COCC[C@@H]1N[C@@H]1C[C@H]2CCC[C@@]2(C(=O)N2C[C@H]3C[C@H]2CN3c2ccc(C#N)cc2C(F)(F)F)C1. The van der Waals surface area contributed by atoms with E-state index in [0.29, 0.717) is 38.6 Å². The van der Waals surface area contributed by atoms with E-state index in [4.69, 9.17) is 14.7 Å². The highest BCUT2D eigenvalue weighted by Gasteiger charge is 2.59. The van der Waals surface area contributed by atoms with Crippen LogP contribution in [0.3, 0.4) is 0 Å². The van der Waals surface area contributed by atoms with Gasteiger partial charge in [0.1, 0.15) is 0 Å². The summed E-state index contributed by atoms with van der Waals surface area (Å²) >= 11 is 0. The molecule has 1 N–H and O–H groups in total. The molecule has 0 unspecified atom stereocenters. The Morgan fingerprint density at radius 1 is 1.24 bits per heavy atom. The van der Waals surface area contributed by atoms with E-state index in [9.17, 15) is 18.0 Å². The zero-order valence-electron chi connectivity index (χ0n) is 21.7. The molecule has 5 aliphatic rings. The number of fused-ring (bicyclic) bond motifs is 3. The van der Waals surface area contributed by atoms with E-state index >= 15 is 0 Å². The fourth-order valence-corrected chi connectivity index (χ4v) is 8.14. The minimum atomic E-state index is -4.55. The summed E-state index contributed by atoms with van der Waals surface area (Å²) in [7, 11) is 1.71. The summed E-state index contributed by atoms with van der Waals surface area (Å²) in [5, 5.41) is 12.9. The first-order valence-electron chi connectivity index (χ1n) is 13.8. The molecule has 2 saturated carbocycles. The lowest BCUT2D eigenvalue weighted by Gasteiger charge is -2.41. The third-order valence-electron chi connectivity index (χ3n) is 9.86. The zero-order chi connectivity index (χ0) is 26.7. The summed E-state index contributed by atoms with van der Waals surface area (Å²) in [6.45, 7) is 2.14. The quantitative estimate of drug-likeness (QED) is 0.623. The first-order chi connectivity index (χ1) is 18.2. The van der Waals surface area contributed by atoms with Gasteiger partial charge in [0.2, 0.25) is 5.91 Å². The van der Waals surface area contributed by atoms with Crippen molar-refractivity contribution in [2.24, 2.45) is 11.3 Å². The minimum absolute atomic E-state index is 0.00409. The number of nitrogens with one attached hydrogen (secondary N) is 1. The Kier molecular flexibility index (Phi) is 6.60. The number of alkyl halides is 3. The molecular weight excluding hydrogens is 497 g/mol. The van der Waals surface area contributed by atoms with Crippen molar-refractivity contribution < 1.29 is 27.4 Å². The number of carbonyl (C=O) groups excluding carboxylic acids is 1. The van der Waals surface area contributed by atoms with E-state index in [2.05, 4.69) is 5.32 Å². The Morgan fingerprint density at radius 2 is 2.08 bits per heavy atom. The normalized spacial score (nSPS) is 36.5. The Bertz CT molecular complexity index is 1120. The van der Waals surface area contributed by atoms with Crippen LogP contribution in [0, 0.1) is 22.7 Å². The second kappa shape index (κ2) is 9.68. The number of nitrogens with zero attached hydrogens (tertiary/aromatic N) is 3. The van der Waals surface area contributed by atoms with Crippen LogP contribution < -0.4 is 10.2 Å². The molecule has 3 aliphatic heterocycles. The third-order valence-corrected chi connectivity index (χ3v) is 9.86. The number of halogens is 3. The van der Waals surface area contributed by atoms with Crippen molar-refractivity contribution in [2.75, 3.05) is 38.3 Å². The number of anilines is 1. The Morgan fingerprint density at radius 3 is 2.79 bits per heavy atom. The molecule has 7 nitrogen and oxygen atoms in total. The van der Waals surface area contributed by atoms with Gasteiger partial charge >= 0.3 is 6.18 Å². The van der Waals surface area contributed by atoms with Crippen LogP contribution in [0.15, 0.2) is 18.2 Å². The number of likely N-dealkylation sites (tertiary alicyclic amines) is 1. The largest absolute Gasteiger partial charge is 0.418 e. The predicted octanol–water partition coefficient (Wildman–Crippen LogP) is 3.71. The van der Waals surface area contributed by atoms with Crippen LogP contribution in [0.5, 0.6) is 0 Å². The number of hydrogen-bond donors (Lipinski definition) is 1. The van der Waals surface area contributed by atoms with Gasteiger partial charge in [-0.3, -0.25) is 4.79 Å². The van der Waals surface area contributed by atoms with Crippen molar-refractivity contribution in [3.05, 3.63) is 29.3 Å². The first kappa shape index (κ1) is 25.9. The molecule has 10 heteroatoms. The molecule has 1 aromatic rings. The number of hydrogen-bond acceptors (Lipinski definition) is 6. The fourth-order valence-electron chi connectivity index (χ4n) is 8.14. The monoisotopic (exact) mass is 532 g/mol. The third kappa shape index (κ3) is 4.27. The summed E-state index contributed by atoms with van der Waals surface area (Å²) < 4.78 is 52.7. The average Bonchev–Trinajstić information content (AvgIpc) is 3.67. The number of benzene rings is 1. The molecule has 7 atom stereocenters. The van der Waals surface area contributed by atoms with Gasteiger partial charge in [0, 0.05) is 50.6 Å². The maximum atomic E-state index is 14.2. The van der Waals surface area contributed by atoms with Gasteiger partial charge in [0.25, 0.3) is 0 Å². The second-order valence-corrected chi connectivity index (χ2v) is 11.8. The highest BCUT2D eigenvalue weighted by Crippen LogP contribution is 2.56. The van der Waals surface area contributed by atoms with Crippen molar-refractivity contribution >= 4 is 11.6 Å². The van der Waals surface area contributed by atoms with Crippen LogP contribution >= 0.6 is 0 Å². The van der Waals surface area contributed by atoms with Crippen LogP contribution in [0.1, 0.15) is 56.1 Å². The van der Waals surface area contributed by atoms with E-state index in [-0.39, 0.29) is 52.8 Å². The van der Waals surface area contributed by atoms with Crippen molar-refractivity contribution in [2.45, 2.75) is 81.4 Å². The van der Waals surface area contributed by atoms with Gasteiger partial charge in [-0.25, -0.2) is 0 Å². The highest BCUT2D eigenvalue weighted by molar-refractivity contribution is 5.85. The average molecular weight is 533 g/mol. The molecule has 2 bridgehead atoms. The highest BCUT2D eigenvalue weighted by atomic mass is 19.4. The zero-order valence-corrected chi connectivity index (χ0v) is 21.7. The Hall–Kier alpha value is -2.35. The van der Waals surface area contributed by atoms with Gasteiger partial charge < -0.3 is 24.6 Å². The number of carbonyl (C=O) groups is 1. The summed E-state index contributed by atoms with van der Waals surface area (Å²) in [5.74, 6) is 0.557. The summed E-state index contributed by atoms with van der Waals surface area (Å²) in [5.41, 5.74) is -1.03. The van der Waals surface area contributed by atoms with Gasteiger partial charge in [-0.1, -0.05) is 6.42 Å². The van der Waals surface area contributed by atoms with Crippen molar-refractivity contribution in [1.82, 2.24) is 10.2 Å². The van der Waals surface area contributed by atoms with Gasteiger partial charge in [-0.2, -0.15) is 18.4 Å². The second-order valence-electron chi connectivity index (χ2n) is 11.8. The maximum Gasteiger partial charge on any atom is 0.418 e. The maximum absolute atomic E-state index is 14.2. The van der Waals surface area contributed by atoms with Crippen LogP contribution in [0.4, 0.5) is 18.9 Å². The van der Waals surface area contributed by atoms with Crippen molar-refractivity contribution in [1.29, 1.82) is 5.26 Å². The number of ether oxygens (including phenoxy) is 2. The van der Waals surface area contributed by atoms with Gasteiger partial charge in [0.15, 0.2) is 0 Å². The van der Waals surface area contributed by atoms with Gasteiger partial charge in [-0.05, 0) is 62.6 Å². The van der Waals surface area contributed by atoms with E-state index in [0.717, 1.165) is 44.6 Å². The molecule has 1 aromatic carbocycles. The molecule has 0 aromatic heterocycles. The van der Waals surface area contributed by atoms with Crippen LogP contribution in [0.25, 0.3) is 0 Å². The molecule has 3 heterocycles. The molecule has 1 amide bonds. The molecule has 0 spiro atoms. The smallest absolute Gasteiger partial charge is 0.379 e. The number of piperazine rings is 1. The number of methoxy groups -OCH3 is 1. The standard InChI is InChI=1S/C28H35F3N4O3/c1-37-25-16-38-8-6-23(25)33-19-10-18-3-2-7-27(18,12-19)26(36)35-15-20-11-21(35)14-34(20)24-5-4-17(13-32)9-22(24)28(29,30)31/h4-5,9,18-21,23,25,33H,2-3,6-8,10-12,14-16H2,1H3/t18-,19-,20-,21+,23+,25-,27-/m1/s1. The molecule has 2 aliphatic carbocycles. The summed E-state index contributed by atoms with van der Waals surface area (Å²) in [4.78, 5) is 18.0. The topological polar surface area (TPSA) is 77.8 Å². The predicted molar refractivity (Wildman–Crippen MR) is 133 cm³/mol. The molecule has 6 rings (SSSR count). The number of rotatable bonds is 5. The summed E-state index contributed by atoms with van der Waals surface area (Å²) in [6, 6.07) is 5.85. The van der Waals surface area contributed by atoms with Crippen LogP contribution in [-0.4, -0.2) is 74.5 Å². The lowest BCUT2D eigenvalue weighted by molar-refractivity contribution is -0.145. The molecule has 206 valence electrons. The van der Waals surface area contributed by atoms with Gasteiger partial charge in [0.05, 0.1) is 41.4 Å². The summed E-state index contributed by atoms with van der Waals surface area (Å²) in [6.07, 6.45) is 1.83. The number of amides is 1. The van der Waals surface area contributed by atoms with Crippen LogP contribution in [-0.2, 0) is 20.4 Å². The Labute approximate surface area is 221 Å². The number of nitriles is 1. The fraction of sp³-hybridized carbons (Fsp3) is 0.714. The van der Waals surface area contributed by atoms with Gasteiger partial charge in [-0.15, -0.1) is 0 Å². The Balaban J connectivity index is 1.16. The van der Waals surface area contributed by atoms with E-state index < -0.39 is 11.7 Å². The van der Waals surface area contributed by atoms with E-state index in [1.54, 1.807) is 12.0 Å². The molecule has 38 heavy (non-hydrogen) atoms. The lowest BCUT2D eigenvalue weighted by Crippen LogP contribution is -2.54. The van der Waals surface area contributed by atoms with E-state index in [1.807, 2.05) is 11.0 Å². The van der Waals surface area contributed by atoms with Crippen molar-refractivity contribution in [3.63, 3.8) is 0 Å². The van der Waals surface area contributed by atoms with E-state index in [1.165, 1.54) is 12.1 Å². The minimum Gasteiger partial charge on any atom is -0.379 e. The van der Waals surface area contributed by atoms with Crippen molar-refractivity contribution in [3.8, 4) is 6.07 Å². The first-order valence-corrected chi connectivity index (χ1v) is 13.8. The molecule has 0 radical (unpaired) electrons. The lowest BCUT2D eigenvalue weighted by atomic mass is 9.78. The molecular formula is C28H35F3N4O3. The van der Waals surface area contributed by atoms with Crippen LogP contribution in [0.2, 0.25) is 0 Å². The molecule has 3 saturated heterocycles.